The zero-order chi connectivity index (χ0) is 12.1. The molecular formula is C14H25N3. The van der Waals surface area contributed by atoms with Gasteiger partial charge in [0.05, 0.1) is 0 Å². The van der Waals surface area contributed by atoms with Gasteiger partial charge in [0, 0.05) is 31.5 Å². The van der Waals surface area contributed by atoms with Crippen molar-refractivity contribution in [2.75, 3.05) is 20.1 Å². The Kier molecular flexibility index (Phi) is 4.63. The molecule has 2 heterocycles. The van der Waals surface area contributed by atoms with Crippen molar-refractivity contribution >= 4 is 0 Å². The van der Waals surface area contributed by atoms with Gasteiger partial charge in [-0.3, -0.25) is 0 Å². The molecular weight excluding hydrogens is 210 g/mol. The van der Waals surface area contributed by atoms with Crippen molar-refractivity contribution < 1.29 is 0 Å². The van der Waals surface area contributed by atoms with Crippen LogP contribution in [0.25, 0.3) is 0 Å². The molecule has 3 heteroatoms. The van der Waals surface area contributed by atoms with Gasteiger partial charge in [-0.25, -0.2) is 0 Å². The lowest BCUT2D eigenvalue weighted by molar-refractivity contribution is 0.234. The van der Waals surface area contributed by atoms with Gasteiger partial charge < -0.3 is 14.8 Å². The minimum atomic E-state index is 0.709. The van der Waals surface area contributed by atoms with E-state index in [9.17, 15) is 0 Å². The quantitative estimate of drug-likeness (QED) is 0.843. The molecule has 1 aromatic heterocycles. The molecule has 1 aromatic rings. The number of aryl methyl sites for hydroxylation is 1. The van der Waals surface area contributed by atoms with Crippen molar-refractivity contribution in [1.29, 1.82) is 0 Å². The monoisotopic (exact) mass is 235 g/mol. The summed E-state index contributed by atoms with van der Waals surface area (Å²) in [5, 5.41) is 3.67. The van der Waals surface area contributed by atoms with Gasteiger partial charge >= 0.3 is 0 Å². The molecule has 1 aliphatic heterocycles. The molecule has 0 aliphatic carbocycles. The minimum absolute atomic E-state index is 0.709. The SMILES string of the molecule is CCCn1ccc(CNC2CCN(C)CC2)c1. The predicted molar refractivity (Wildman–Crippen MR) is 72.1 cm³/mol. The summed E-state index contributed by atoms with van der Waals surface area (Å²) in [5.74, 6) is 0. The molecule has 1 fully saturated rings. The van der Waals surface area contributed by atoms with E-state index in [1.165, 1.54) is 37.9 Å². The summed E-state index contributed by atoms with van der Waals surface area (Å²) in [6.07, 6.45) is 8.23. The van der Waals surface area contributed by atoms with E-state index in [4.69, 9.17) is 0 Å². The Morgan fingerprint density at radius 1 is 1.35 bits per heavy atom. The van der Waals surface area contributed by atoms with Gasteiger partial charge in [-0.1, -0.05) is 6.92 Å². The summed E-state index contributed by atoms with van der Waals surface area (Å²) in [6.45, 7) is 6.83. The Morgan fingerprint density at radius 2 is 2.12 bits per heavy atom. The zero-order valence-electron chi connectivity index (χ0n) is 11.2. The van der Waals surface area contributed by atoms with Crippen molar-refractivity contribution in [3.05, 3.63) is 24.0 Å². The smallest absolute Gasteiger partial charge is 0.0223 e. The van der Waals surface area contributed by atoms with Crippen LogP contribution in [-0.4, -0.2) is 35.6 Å². The van der Waals surface area contributed by atoms with Crippen LogP contribution < -0.4 is 5.32 Å². The number of hydrogen-bond acceptors (Lipinski definition) is 2. The number of aromatic nitrogens is 1. The Hall–Kier alpha value is -0.800. The van der Waals surface area contributed by atoms with Crippen LogP contribution in [0, 0.1) is 0 Å². The maximum absolute atomic E-state index is 3.67. The van der Waals surface area contributed by atoms with Gasteiger partial charge in [0.15, 0.2) is 0 Å². The van der Waals surface area contributed by atoms with Gasteiger partial charge in [0.25, 0.3) is 0 Å². The lowest BCUT2D eigenvalue weighted by Crippen LogP contribution is -2.40. The second-order valence-corrected chi connectivity index (χ2v) is 5.22. The van der Waals surface area contributed by atoms with E-state index >= 15 is 0 Å². The third-order valence-electron chi connectivity index (χ3n) is 3.61. The Bertz CT molecular complexity index is 324. The highest BCUT2D eigenvalue weighted by molar-refractivity contribution is 5.10. The summed E-state index contributed by atoms with van der Waals surface area (Å²) in [6, 6.07) is 2.94. The first kappa shape index (κ1) is 12.7. The zero-order valence-corrected chi connectivity index (χ0v) is 11.2. The fourth-order valence-corrected chi connectivity index (χ4v) is 2.47. The van der Waals surface area contributed by atoms with E-state index in [0.29, 0.717) is 6.04 Å². The van der Waals surface area contributed by atoms with Crippen LogP contribution in [0.4, 0.5) is 0 Å². The van der Waals surface area contributed by atoms with Crippen LogP contribution in [0.15, 0.2) is 18.5 Å². The molecule has 96 valence electrons. The van der Waals surface area contributed by atoms with Crippen molar-refractivity contribution in [2.24, 2.45) is 0 Å². The first-order chi connectivity index (χ1) is 8.28. The molecule has 0 radical (unpaired) electrons. The first-order valence-corrected chi connectivity index (χ1v) is 6.84. The lowest BCUT2D eigenvalue weighted by Gasteiger charge is -2.29. The van der Waals surface area contributed by atoms with Crippen molar-refractivity contribution in [2.45, 2.75) is 45.3 Å². The average Bonchev–Trinajstić information content (AvgIpc) is 2.77. The molecule has 2 rings (SSSR count). The highest BCUT2D eigenvalue weighted by atomic mass is 15.1. The Balaban J connectivity index is 1.73. The van der Waals surface area contributed by atoms with Crippen LogP contribution in [0.5, 0.6) is 0 Å². The van der Waals surface area contributed by atoms with Gasteiger partial charge in [-0.15, -0.1) is 0 Å². The molecule has 0 saturated carbocycles. The predicted octanol–water partition coefficient (Wildman–Crippen LogP) is 2.08. The standard InChI is InChI=1S/C14H25N3/c1-3-7-17-10-4-13(12-17)11-15-14-5-8-16(2)9-6-14/h4,10,12,14-15H,3,5-9,11H2,1-2H3. The molecule has 0 aromatic carbocycles. The van der Waals surface area contributed by atoms with Crippen molar-refractivity contribution in [3.8, 4) is 0 Å². The van der Waals surface area contributed by atoms with E-state index < -0.39 is 0 Å². The van der Waals surface area contributed by atoms with Crippen LogP contribution in [0.3, 0.4) is 0 Å². The number of piperidine rings is 1. The molecule has 0 unspecified atom stereocenters. The Labute approximate surface area is 105 Å². The fraction of sp³-hybridized carbons (Fsp3) is 0.714. The van der Waals surface area contributed by atoms with E-state index in [-0.39, 0.29) is 0 Å². The molecule has 0 spiro atoms. The molecule has 0 atom stereocenters. The average molecular weight is 235 g/mol. The van der Waals surface area contributed by atoms with Crippen LogP contribution in [0.1, 0.15) is 31.7 Å². The second kappa shape index (κ2) is 6.22. The summed E-state index contributed by atoms with van der Waals surface area (Å²) >= 11 is 0. The van der Waals surface area contributed by atoms with Gasteiger partial charge in [0.2, 0.25) is 0 Å². The molecule has 0 amide bonds. The van der Waals surface area contributed by atoms with E-state index in [2.05, 4.69) is 47.2 Å². The third-order valence-corrected chi connectivity index (χ3v) is 3.61. The van der Waals surface area contributed by atoms with Crippen molar-refractivity contribution in [1.82, 2.24) is 14.8 Å². The minimum Gasteiger partial charge on any atom is -0.354 e. The van der Waals surface area contributed by atoms with Gasteiger partial charge in [0.1, 0.15) is 0 Å². The van der Waals surface area contributed by atoms with E-state index in [0.717, 1.165) is 13.1 Å². The normalized spacial score (nSPS) is 18.7. The maximum Gasteiger partial charge on any atom is 0.0223 e. The second-order valence-electron chi connectivity index (χ2n) is 5.22. The largest absolute Gasteiger partial charge is 0.354 e. The number of hydrogen-bond donors (Lipinski definition) is 1. The number of likely N-dealkylation sites (tertiary alicyclic amines) is 1. The van der Waals surface area contributed by atoms with Gasteiger partial charge in [-0.05, 0) is 51.0 Å². The molecule has 1 N–H and O–H groups in total. The van der Waals surface area contributed by atoms with Crippen LogP contribution in [-0.2, 0) is 13.1 Å². The van der Waals surface area contributed by atoms with Crippen molar-refractivity contribution in [3.63, 3.8) is 0 Å². The first-order valence-electron chi connectivity index (χ1n) is 6.84. The Morgan fingerprint density at radius 3 is 2.82 bits per heavy atom. The molecule has 0 bridgehead atoms. The summed E-state index contributed by atoms with van der Waals surface area (Å²) < 4.78 is 2.28. The van der Waals surface area contributed by atoms with Crippen LogP contribution >= 0.6 is 0 Å². The topological polar surface area (TPSA) is 20.2 Å². The summed E-state index contributed by atoms with van der Waals surface area (Å²) in [7, 11) is 2.21. The van der Waals surface area contributed by atoms with Gasteiger partial charge in [-0.2, -0.15) is 0 Å². The number of rotatable bonds is 5. The molecule has 3 nitrogen and oxygen atoms in total. The molecule has 1 aliphatic rings. The number of nitrogens with one attached hydrogen (secondary N) is 1. The summed E-state index contributed by atoms with van der Waals surface area (Å²) in [4.78, 5) is 2.41. The van der Waals surface area contributed by atoms with E-state index in [1.807, 2.05) is 0 Å². The fourth-order valence-electron chi connectivity index (χ4n) is 2.47. The third kappa shape index (κ3) is 3.86. The molecule has 17 heavy (non-hydrogen) atoms. The molecule has 1 saturated heterocycles. The maximum atomic E-state index is 3.67. The van der Waals surface area contributed by atoms with Crippen LogP contribution in [0.2, 0.25) is 0 Å². The number of nitrogens with zero attached hydrogens (tertiary/aromatic N) is 2. The lowest BCUT2D eigenvalue weighted by atomic mass is 10.1. The van der Waals surface area contributed by atoms with E-state index in [1.54, 1.807) is 0 Å². The summed E-state index contributed by atoms with van der Waals surface area (Å²) in [5.41, 5.74) is 1.41. The highest BCUT2D eigenvalue weighted by Crippen LogP contribution is 2.09. The highest BCUT2D eigenvalue weighted by Gasteiger charge is 2.15.